The Morgan fingerprint density at radius 2 is 1.66 bits per heavy atom. The van der Waals surface area contributed by atoms with E-state index in [0.717, 1.165) is 33.6 Å². The van der Waals surface area contributed by atoms with Crippen molar-refractivity contribution in [2.45, 2.75) is 25.7 Å². The summed E-state index contributed by atoms with van der Waals surface area (Å²) in [7, 11) is 0. The summed E-state index contributed by atoms with van der Waals surface area (Å²) in [6, 6.07) is 21.6. The molecule has 1 N–H and O–H groups in total. The van der Waals surface area contributed by atoms with Crippen LogP contribution in [0.1, 0.15) is 41.0 Å². The van der Waals surface area contributed by atoms with Gasteiger partial charge in [0, 0.05) is 40.5 Å². The molecule has 3 aromatic carbocycles. The highest BCUT2D eigenvalue weighted by molar-refractivity contribution is 6.30. The number of allylic oxidation sites excluding steroid dienone is 1. The quantitative estimate of drug-likeness (QED) is 0.396. The Kier molecular flexibility index (Phi) is 7.78. The Balaban J connectivity index is 1.70. The van der Waals surface area contributed by atoms with E-state index in [1.54, 1.807) is 4.90 Å². The van der Waals surface area contributed by atoms with Crippen molar-refractivity contribution in [3.63, 3.8) is 0 Å². The van der Waals surface area contributed by atoms with Gasteiger partial charge in [-0.2, -0.15) is 0 Å². The summed E-state index contributed by atoms with van der Waals surface area (Å²) >= 11 is 12.5. The van der Waals surface area contributed by atoms with Gasteiger partial charge in [-0.25, -0.2) is 0 Å². The largest absolute Gasteiger partial charge is 0.493 e. The summed E-state index contributed by atoms with van der Waals surface area (Å²) in [6.45, 7) is 5.45. The first kappa shape index (κ1) is 26.3. The molecular weight excluding hydrogens is 519 g/mol. The third-order valence-electron chi connectivity index (χ3n) is 7.31. The summed E-state index contributed by atoms with van der Waals surface area (Å²) in [5.74, 6) is -0.297. The van der Waals surface area contributed by atoms with Crippen molar-refractivity contribution >= 4 is 40.6 Å². The third kappa shape index (κ3) is 5.31. The molecule has 5 nitrogen and oxygen atoms in total. The first-order valence-corrected chi connectivity index (χ1v) is 13.6. The van der Waals surface area contributed by atoms with Crippen LogP contribution in [0.25, 0.3) is 5.57 Å². The molecule has 1 aliphatic carbocycles. The third-order valence-corrected chi connectivity index (χ3v) is 7.82. The Bertz CT molecular complexity index is 1370. The van der Waals surface area contributed by atoms with E-state index in [0.29, 0.717) is 29.7 Å². The Morgan fingerprint density at radius 1 is 1.00 bits per heavy atom. The number of ether oxygens (including phenoxy) is 1. The second-order valence-corrected chi connectivity index (χ2v) is 10.7. The van der Waals surface area contributed by atoms with Gasteiger partial charge in [-0.05, 0) is 66.4 Å². The molecule has 1 heterocycles. The predicted octanol–water partition coefficient (Wildman–Crippen LogP) is 6.24. The van der Waals surface area contributed by atoms with Crippen LogP contribution < -0.4 is 10.1 Å². The molecule has 0 spiro atoms. The van der Waals surface area contributed by atoms with Gasteiger partial charge in [0.15, 0.2) is 0 Å². The zero-order valence-corrected chi connectivity index (χ0v) is 22.9. The number of benzene rings is 3. The second-order valence-electron chi connectivity index (χ2n) is 9.80. The molecule has 3 aromatic rings. The number of nitrogens with one attached hydrogen (secondary N) is 1. The molecule has 196 valence electrons. The van der Waals surface area contributed by atoms with E-state index in [1.807, 2.05) is 80.6 Å². The molecule has 0 bridgehead atoms. The Morgan fingerprint density at radius 3 is 2.29 bits per heavy atom. The molecule has 38 heavy (non-hydrogen) atoms. The first-order chi connectivity index (χ1) is 18.4. The van der Waals surface area contributed by atoms with Gasteiger partial charge >= 0.3 is 0 Å². The summed E-state index contributed by atoms with van der Waals surface area (Å²) in [4.78, 5) is 28.3. The van der Waals surface area contributed by atoms with Crippen LogP contribution in [0.3, 0.4) is 0 Å². The number of carbonyl (C=O) groups excluding carboxylic acids is 2. The number of rotatable bonds is 6. The fourth-order valence-corrected chi connectivity index (χ4v) is 5.84. The molecule has 1 aliphatic heterocycles. The summed E-state index contributed by atoms with van der Waals surface area (Å²) in [5.41, 5.74) is 4.95. The topological polar surface area (TPSA) is 58.6 Å². The van der Waals surface area contributed by atoms with Crippen LogP contribution in [-0.2, 0) is 9.59 Å². The van der Waals surface area contributed by atoms with Crippen LogP contribution in [0, 0.1) is 12.8 Å². The fraction of sp³-hybridized carbons (Fsp3) is 0.290. The highest BCUT2D eigenvalue weighted by Crippen LogP contribution is 2.54. The lowest BCUT2D eigenvalue weighted by molar-refractivity contribution is -0.140. The minimum Gasteiger partial charge on any atom is -0.493 e. The lowest BCUT2D eigenvalue weighted by Gasteiger charge is -2.34. The van der Waals surface area contributed by atoms with E-state index in [2.05, 4.69) is 11.4 Å². The predicted molar refractivity (Wildman–Crippen MR) is 152 cm³/mol. The minimum absolute atomic E-state index is 0.0494. The van der Waals surface area contributed by atoms with Crippen LogP contribution in [0.4, 0.5) is 0 Å². The number of hydrogen-bond acceptors (Lipinski definition) is 3. The highest BCUT2D eigenvalue weighted by Gasteiger charge is 2.46. The molecule has 3 atom stereocenters. The van der Waals surface area contributed by atoms with Crippen molar-refractivity contribution in [3.8, 4) is 5.75 Å². The van der Waals surface area contributed by atoms with Gasteiger partial charge in [-0.1, -0.05) is 65.7 Å². The molecule has 1 saturated heterocycles. The maximum absolute atomic E-state index is 14.4. The monoisotopic (exact) mass is 548 g/mol. The van der Waals surface area contributed by atoms with Crippen molar-refractivity contribution in [2.24, 2.45) is 5.92 Å². The number of carbonyl (C=O) groups is 2. The molecule has 5 rings (SSSR count). The standard InChI is InChI=1S/C31H30Cl2N2O3/c1-3-38-27-16-19(2)4-13-24(27)26-17-25(20-5-9-22(32)10-6-20)29(21-7-11-23(33)12-8-21)30(26)31(37)35-15-14-34-28(36)18-35/h4-13,16-17,25,29-30H,3,14-15,18H2,1-2H3,(H,34,36). The van der Waals surface area contributed by atoms with E-state index in [1.165, 1.54) is 0 Å². The lowest BCUT2D eigenvalue weighted by atomic mass is 9.76. The van der Waals surface area contributed by atoms with Crippen molar-refractivity contribution in [1.82, 2.24) is 10.2 Å². The normalized spacial score (nSPS) is 21.2. The molecule has 1 fully saturated rings. The SMILES string of the molecule is CCOc1cc(C)ccc1C1=CC(c2ccc(Cl)cc2)C(c2ccc(Cl)cc2)C1C(=O)N1CCNC(=O)C1. The van der Waals surface area contributed by atoms with Crippen molar-refractivity contribution in [2.75, 3.05) is 26.2 Å². The Labute approximate surface area is 233 Å². The average molecular weight is 549 g/mol. The second kappa shape index (κ2) is 11.2. The summed E-state index contributed by atoms with van der Waals surface area (Å²) in [5, 5.41) is 4.12. The van der Waals surface area contributed by atoms with Gasteiger partial charge in [0.25, 0.3) is 0 Å². The molecule has 0 saturated carbocycles. The average Bonchev–Trinajstić information content (AvgIpc) is 3.29. The van der Waals surface area contributed by atoms with E-state index in [4.69, 9.17) is 27.9 Å². The van der Waals surface area contributed by atoms with E-state index >= 15 is 0 Å². The highest BCUT2D eigenvalue weighted by atomic mass is 35.5. The van der Waals surface area contributed by atoms with Crippen molar-refractivity contribution in [3.05, 3.63) is 105 Å². The van der Waals surface area contributed by atoms with Gasteiger partial charge in [0.1, 0.15) is 5.75 Å². The van der Waals surface area contributed by atoms with Crippen LogP contribution in [0.2, 0.25) is 10.0 Å². The van der Waals surface area contributed by atoms with Crippen LogP contribution >= 0.6 is 23.2 Å². The number of nitrogens with zero attached hydrogens (tertiary/aromatic N) is 1. The molecule has 2 aliphatic rings. The summed E-state index contributed by atoms with van der Waals surface area (Å²) < 4.78 is 6.07. The molecule has 2 amide bonds. The maximum atomic E-state index is 14.4. The summed E-state index contributed by atoms with van der Waals surface area (Å²) in [6.07, 6.45) is 2.20. The molecule has 0 aromatic heterocycles. The molecular formula is C31H30Cl2N2O3. The van der Waals surface area contributed by atoms with Gasteiger partial charge in [-0.15, -0.1) is 0 Å². The molecule has 7 heteroatoms. The molecule has 0 radical (unpaired) electrons. The number of piperazine rings is 1. The number of halogens is 2. The van der Waals surface area contributed by atoms with E-state index in [-0.39, 0.29) is 30.2 Å². The smallest absolute Gasteiger partial charge is 0.239 e. The van der Waals surface area contributed by atoms with E-state index < -0.39 is 5.92 Å². The van der Waals surface area contributed by atoms with E-state index in [9.17, 15) is 9.59 Å². The van der Waals surface area contributed by atoms with Crippen LogP contribution in [0.15, 0.2) is 72.8 Å². The van der Waals surface area contributed by atoms with Gasteiger partial charge in [-0.3, -0.25) is 9.59 Å². The van der Waals surface area contributed by atoms with Crippen molar-refractivity contribution in [1.29, 1.82) is 0 Å². The Hall–Kier alpha value is -3.28. The maximum Gasteiger partial charge on any atom is 0.239 e. The van der Waals surface area contributed by atoms with Crippen LogP contribution in [-0.4, -0.2) is 43.0 Å². The minimum atomic E-state index is -0.523. The number of amides is 2. The van der Waals surface area contributed by atoms with Gasteiger partial charge in [0.2, 0.25) is 11.8 Å². The van der Waals surface area contributed by atoms with Gasteiger partial charge < -0.3 is 15.0 Å². The zero-order chi connectivity index (χ0) is 26.8. The fourth-order valence-electron chi connectivity index (χ4n) is 5.59. The van der Waals surface area contributed by atoms with Gasteiger partial charge in [0.05, 0.1) is 19.1 Å². The van der Waals surface area contributed by atoms with Crippen molar-refractivity contribution < 1.29 is 14.3 Å². The van der Waals surface area contributed by atoms with Crippen LogP contribution in [0.5, 0.6) is 5.75 Å². The lowest BCUT2D eigenvalue weighted by Crippen LogP contribution is -2.52. The first-order valence-electron chi connectivity index (χ1n) is 12.9. The molecule has 3 unspecified atom stereocenters. The zero-order valence-electron chi connectivity index (χ0n) is 21.4. The number of hydrogen-bond donors (Lipinski definition) is 1. The number of aryl methyl sites for hydroxylation is 1.